The van der Waals surface area contributed by atoms with Gasteiger partial charge in [0, 0.05) is 35.5 Å². The highest BCUT2D eigenvalue weighted by Gasteiger charge is 2.66. The first-order chi connectivity index (χ1) is 23.3. The van der Waals surface area contributed by atoms with Gasteiger partial charge in [-0.3, -0.25) is 24.2 Å². The second kappa shape index (κ2) is 14.0. The molecule has 0 radical (unpaired) electrons. The molecule has 3 aromatic carbocycles. The van der Waals surface area contributed by atoms with Crippen molar-refractivity contribution in [2.24, 2.45) is 5.92 Å². The van der Waals surface area contributed by atoms with E-state index in [1.54, 1.807) is 6.92 Å². The SMILES string of the molecule is CC(=O)CN1CC[C@]23c4c5ccc(OC(C)=O)c4O[C@H]2[C@H](N(CCCCCCc2ccccc2)CC(=O)c2ccccc2)CC[C@H]3[C@H]1C5. The minimum atomic E-state index is -0.359. The Kier molecular flexibility index (Phi) is 9.52. The summed E-state index contributed by atoms with van der Waals surface area (Å²) in [6.07, 6.45) is 9.03. The number of carbonyl (C=O) groups is 3. The van der Waals surface area contributed by atoms with Crippen molar-refractivity contribution in [2.75, 3.05) is 26.2 Å². The standard InChI is InChI=1S/C41H48N2O5/c1-28(44)26-43-24-22-41-33-19-20-34(40(41)48-39-37(47-29(2)45)21-18-32(38(39)41)25-35(33)43)42(27-36(46)31-16-10-6-11-17-31)23-12-4-3-7-13-30-14-8-5-9-15-30/h5-6,8-11,14-18,21,33-35,40H,3-4,7,12-13,19-20,22-27H2,1-2H3/t33-,34+,35+,40-,41-/m0/s1. The lowest BCUT2D eigenvalue weighted by molar-refractivity contribution is -0.132. The predicted octanol–water partition coefficient (Wildman–Crippen LogP) is 6.60. The number of ketones is 2. The van der Waals surface area contributed by atoms with Crippen molar-refractivity contribution in [1.82, 2.24) is 9.80 Å². The van der Waals surface area contributed by atoms with Gasteiger partial charge in [0.1, 0.15) is 11.9 Å². The molecule has 252 valence electrons. The number of nitrogens with zero attached hydrogens (tertiary/aromatic N) is 2. The Morgan fingerprint density at radius 1 is 0.917 bits per heavy atom. The highest BCUT2D eigenvalue weighted by Crippen LogP contribution is 2.64. The summed E-state index contributed by atoms with van der Waals surface area (Å²) in [5.41, 5.74) is 4.33. The molecule has 3 aromatic rings. The zero-order valence-electron chi connectivity index (χ0n) is 28.4. The van der Waals surface area contributed by atoms with Crippen LogP contribution < -0.4 is 9.47 Å². The number of aryl methyl sites for hydroxylation is 1. The van der Waals surface area contributed by atoms with E-state index in [1.807, 2.05) is 36.4 Å². The number of carbonyl (C=O) groups excluding carboxylic acids is 3. The summed E-state index contributed by atoms with van der Waals surface area (Å²) in [7, 11) is 0. The highest BCUT2D eigenvalue weighted by atomic mass is 16.6. The number of piperidine rings is 1. The Morgan fingerprint density at radius 2 is 1.67 bits per heavy atom. The zero-order valence-corrected chi connectivity index (χ0v) is 28.4. The Balaban J connectivity index is 1.17. The van der Waals surface area contributed by atoms with Crippen molar-refractivity contribution in [2.45, 2.75) is 95.2 Å². The fourth-order valence-corrected chi connectivity index (χ4v) is 9.58. The van der Waals surface area contributed by atoms with E-state index in [1.165, 1.54) is 23.6 Å². The van der Waals surface area contributed by atoms with Crippen molar-refractivity contribution in [3.05, 3.63) is 95.1 Å². The van der Waals surface area contributed by atoms with Gasteiger partial charge >= 0.3 is 5.97 Å². The molecule has 0 amide bonds. The van der Waals surface area contributed by atoms with Gasteiger partial charge in [-0.2, -0.15) is 0 Å². The summed E-state index contributed by atoms with van der Waals surface area (Å²) < 4.78 is 12.8. The minimum absolute atomic E-state index is 0.0433. The van der Waals surface area contributed by atoms with E-state index >= 15 is 0 Å². The van der Waals surface area contributed by atoms with Gasteiger partial charge in [-0.1, -0.05) is 79.6 Å². The molecule has 1 spiro atoms. The largest absolute Gasteiger partial charge is 0.484 e. The van der Waals surface area contributed by atoms with Gasteiger partial charge in [-0.05, 0) is 88.1 Å². The van der Waals surface area contributed by atoms with E-state index in [0.29, 0.717) is 24.8 Å². The van der Waals surface area contributed by atoms with Crippen molar-refractivity contribution >= 4 is 17.5 Å². The van der Waals surface area contributed by atoms with E-state index < -0.39 is 0 Å². The normalized spacial score (nSPS) is 25.3. The molecule has 0 unspecified atom stereocenters. The summed E-state index contributed by atoms with van der Waals surface area (Å²) in [5.74, 6) is 1.52. The highest BCUT2D eigenvalue weighted by molar-refractivity contribution is 5.97. The molecule has 5 atom stereocenters. The monoisotopic (exact) mass is 648 g/mol. The van der Waals surface area contributed by atoms with Gasteiger partial charge < -0.3 is 9.47 Å². The number of hydrogen-bond donors (Lipinski definition) is 0. The van der Waals surface area contributed by atoms with Crippen molar-refractivity contribution < 1.29 is 23.9 Å². The van der Waals surface area contributed by atoms with Gasteiger partial charge in [0.15, 0.2) is 17.3 Å². The lowest BCUT2D eigenvalue weighted by atomic mass is 9.51. The molecule has 2 aliphatic heterocycles. The van der Waals surface area contributed by atoms with Crippen LogP contribution in [0.15, 0.2) is 72.8 Å². The minimum Gasteiger partial charge on any atom is -0.484 e. The van der Waals surface area contributed by atoms with E-state index in [0.717, 1.165) is 82.2 Å². The second-order valence-electron chi connectivity index (χ2n) is 14.5. The smallest absolute Gasteiger partial charge is 0.308 e. The molecule has 0 N–H and O–H groups in total. The van der Waals surface area contributed by atoms with Crippen molar-refractivity contribution in [1.29, 1.82) is 0 Å². The van der Waals surface area contributed by atoms with Crippen LogP contribution in [0.1, 0.15) is 85.8 Å². The third kappa shape index (κ3) is 6.23. The fourth-order valence-electron chi connectivity index (χ4n) is 9.58. The van der Waals surface area contributed by atoms with E-state index in [2.05, 4.69) is 46.2 Å². The fraction of sp³-hybridized carbons (Fsp3) is 0.488. The zero-order chi connectivity index (χ0) is 33.3. The summed E-state index contributed by atoms with van der Waals surface area (Å²) in [6, 6.07) is 24.6. The van der Waals surface area contributed by atoms with Gasteiger partial charge in [0.05, 0.1) is 13.1 Å². The molecule has 2 aliphatic carbocycles. The molecular formula is C41H48N2O5. The van der Waals surface area contributed by atoms with Gasteiger partial charge in [0.25, 0.3) is 0 Å². The van der Waals surface area contributed by atoms with Gasteiger partial charge in [-0.15, -0.1) is 0 Å². The second-order valence-corrected chi connectivity index (χ2v) is 14.5. The number of rotatable bonds is 14. The van der Waals surface area contributed by atoms with Gasteiger partial charge in [0.2, 0.25) is 0 Å². The Labute approximate surface area is 284 Å². The molecular weight excluding hydrogens is 600 g/mol. The average Bonchev–Trinajstić information content (AvgIpc) is 3.43. The number of benzene rings is 3. The number of hydrogen-bond acceptors (Lipinski definition) is 7. The predicted molar refractivity (Wildman–Crippen MR) is 186 cm³/mol. The van der Waals surface area contributed by atoms with Crippen LogP contribution in [0.3, 0.4) is 0 Å². The first kappa shape index (κ1) is 32.7. The Morgan fingerprint density at radius 3 is 2.42 bits per heavy atom. The molecule has 2 heterocycles. The summed E-state index contributed by atoms with van der Waals surface area (Å²) in [5, 5.41) is 0. The maximum absolute atomic E-state index is 13.8. The number of esters is 1. The van der Waals surface area contributed by atoms with Crippen LogP contribution in [0, 0.1) is 5.92 Å². The molecule has 4 aliphatic rings. The lowest BCUT2D eigenvalue weighted by Crippen LogP contribution is -2.69. The average molecular weight is 649 g/mol. The summed E-state index contributed by atoms with van der Waals surface area (Å²) >= 11 is 0. The molecule has 48 heavy (non-hydrogen) atoms. The van der Waals surface area contributed by atoms with Crippen molar-refractivity contribution in [3.8, 4) is 11.5 Å². The quantitative estimate of drug-likeness (QED) is 0.0845. The topological polar surface area (TPSA) is 76.2 Å². The Hall–Kier alpha value is -3.81. The van der Waals surface area contributed by atoms with Crippen LogP contribution in [-0.2, 0) is 27.8 Å². The molecule has 2 bridgehead atoms. The van der Waals surface area contributed by atoms with Crippen LogP contribution in [0.5, 0.6) is 11.5 Å². The van der Waals surface area contributed by atoms with Gasteiger partial charge in [-0.25, -0.2) is 0 Å². The first-order valence-electron chi connectivity index (χ1n) is 18.0. The maximum Gasteiger partial charge on any atom is 0.308 e. The number of ether oxygens (including phenoxy) is 2. The van der Waals surface area contributed by atoms with E-state index in [9.17, 15) is 14.4 Å². The van der Waals surface area contributed by atoms with Crippen molar-refractivity contribution in [3.63, 3.8) is 0 Å². The van der Waals surface area contributed by atoms with E-state index in [4.69, 9.17) is 9.47 Å². The third-order valence-corrected chi connectivity index (χ3v) is 11.5. The molecule has 1 saturated carbocycles. The lowest BCUT2D eigenvalue weighted by Gasteiger charge is -2.60. The Bertz CT molecular complexity index is 1640. The molecule has 1 saturated heterocycles. The number of likely N-dealkylation sites (tertiary alicyclic amines) is 1. The maximum atomic E-state index is 13.8. The molecule has 0 aromatic heterocycles. The van der Waals surface area contributed by atoms with Crippen LogP contribution in [0.2, 0.25) is 0 Å². The molecule has 7 rings (SSSR count). The van der Waals surface area contributed by atoms with Crippen LogP contribution in [-0.4, -0.2) is 71.7 Å². The van der Waals surface area contributed by atoms with Crippen LogP contribution in [0.25, 0.3) is 0 Å². The molecule has 7 nitrogen and oxygen atoms in total. The first-order valence-corrected chi connectivity index (χ1v) is 18.0. The van der Waals surface area contributed by atoms with E-state index in [-0.39, 0.29) is 41.1 Å². The molecule has 7 heteroatoms. The summed E-state index contributed by atoms with van der Waals surface area (Å²) in [4.78, 5) is 43.1. The number of Topliss-reactive ketones (excluding diaryl/α,β-unsaturated/α-hetero) is 2. The number of unbranched alkanes of at least 4 members (excludes halogenated alkanes) is 3. The van der Waals surface area contributed by atoms with Crippen LogP contribution >= 0.6 is 0 Å². The molecule has 2 fully saturated rings. The summed E-state index contributed by atoms with van der Waals surface area (Å²) in [6.45, 7) is 5.60. The van der Waals surface area contributed by atoms with Crippen LogP contribution in [0.4, 0.5) is 0 Å². The third-order valence-electron chi connectivity index (χ3n) is 11.5.